The Morgan fingerprint density at radius 2 is 1.70 bits per heavy atom. The van der Waals surface area contributed by atoms with Crippen molar-refractivity contribution in [2.75, 3.05) is 13.1 Å². The van der Waals surface area contributed by atoms with Gasteiger partial charge in [-0.15, -0.1) is 0 Å². The van der Waals surface area contributed by atoms with E-state index in [2.05, 4.69) is 5.32 Å². The van der Waals surface area contributed by atoms with Crippen LogP contribution in [-0.2, 0) is 27.5 Å². The van der Waals surface area contributed by atoms with Gasteiger partial charge in [0, 0.05) is 19.6 Å². The molecule has 3 rings (SSSR count). The zero-order chi connectivity index (χ0) is 21.9. The molecule has 1 saturated heterocycles. The SMILES string of the molecule is O=C(NCc1ccc(C(F)(F)F)cc1)C1CCCN(S(=O)(=O)c2ccc(F)cc2)C1. The third kappa shape index (κ3) is 5.17. The summed E-state index contributed by atoms with van der Waals surface area (Å²) in [7, 11) is -3.85. The van der Waals surface area contributed by atoms with E-state index in [-0.39, 0.29) is 30.4 Å². The highest BCUT2D eigenvalue weighted by Gasteiger charge is 2.33. The lowest BCUT2D eigenvalue weighted by Crippen LogP contribution is -2.45. The zero-order valence-electron chi connectivity index (χ0n) is 15.8. The molecule has 1 fully saturated rings. The Hall–Kier alpha value is -2.46. The van der Waals surface area contributed by atoms with Gasteiger partial charge < -0.3 is 5.32 Å². The number of nitrogens with zero attached hydrogens (tertiary/aromatic N) is 1. The lowest BCUT2D eigenvalue weighted by Gasteiger charge is -2.31. The summed E-state index contributed by atoms with van der Waals surface area (Å²) in [6.45, 7) is 0.277. The van der Waals surface area contributed by atoms with Gasteiger partial charge in [-0.3, -0.25) is 4.79 Å². The quantitative estimate of drug-likeness (QED) is 0.718. The van der Waals surface area contributed by atoms with Crippen molar-refractivity contribution in [1.82, 2.24) is 9.62 Å². The summed E-state index contributed by atoms with van der Waals surface area (Å²) in [5, 5.41) is 2.65. The summed E-state index contributed by atoms with van der Waals surface area (Å²) in [6.07, 6.45) is -3.45. The van der Waals surface area contributed by atoms with Crippen molar-refractivity contribution in [2.45, 2.75) is 30.5 Å². The van der Waals surface area contributed by atoms with E-state index in [1.54, 1.807) is 0 Å². The Balaban J connectivity index is 1.61. The van der Waals surface area contributed by atoms with E-state index in [1.165, 1.54) is 28.6 Å². The second-order valence-electron chi connectivity index (χ2n) is 7.07. The van der Waals surface area contributed by atoms with Gasteiger partial charge in [-0.25, -0.2) is 12.8 Å². The summed E-state index contributed by atoms with van der Waals surface area (Å²) >= 11 is 0. The number of nitrogens with one attached hydrogen (secondary N) is 1. The Labute approximate surface area is 171 Å². The molecule has 2 aromatic carbocycles. The highest BCUT2D eigenvalue weighted by atomic mass is 32.2. The van der Waals surface area contributed by atoms with E-state index in [0.29, 0.717) is 18.4 Å². The molecule has 1 aliphatic rings. The van der Waals surface area contributed by atoms with Crippen LogP contribution in [-0.4, -0.2) is 31.7 Å². The number of carbonyl (C=O) groups is 1. The maximum Gasteiger partial charge on any atom is 0.416 e. The normalized spacial score (nSPS) is 18.2. The number of alkyl halides is 3. The largest absolute Gasteiger partial charge is 0.416 e. The smallest absolute Gasteiger partial charge is 0.352 e. The van der Waals surface area contributed by atoms with E-state index >= 15 is 0 Å². The van der Waals surface area contributed by atoms with Crippen molar-refractivity contribution in [3.63, 3.8) is 0 Å². The van der Waals surface area contributed by atoms with Crippen LogP contribution in [0.5, 0.6) is 0 Å². The summed E-state index contributed by atoms with van der Waals surface area (Å²) < 4.78 is 77.6. The molecule has 0 radical (unpaired) electrons. The van der Waals surface area contributed by atoms with Crippen molar-refractivity contribution < 1.29 is 30.8 Å². The van der Waals surface area contributed by atoms with Crippen LogP contribution in [0, 0.1) is 11.7 Å². The molecule has 1 unspecified atom stereocenters. The fourth-order valence-electron chi connectivity index (χ4n) is 3.28. The van der Waals surface area contributed by atoms with Gasteiger partial charge in [-0.05, 0) is 54.8 Å². The number of sulfonamides is 1. The molecule has 1 aliphatic heterocycles. The van der Waals surface area contributed by atoms with Crippen molar-refractivity contribution in [3.05, 3.63) is 65.5 Å². The van der Waals surface area contributed by atoms with E-state index < -0.39 is 33.5 Å². The minimum Gasteiger partial charge on any atom is -0.352 e. The predicted molar refractivity (Wildman–Crippen MR) is 101 cm³/mol. The molecule has 0 saturated carbocycles. The van der Waals surface area contributed by atoms with Crippen LogP contribution < -0.4 is 5.32 Å². The maximum absolute atomic E-state index is 13.1. The van der Waals surface area contributed by atoms with Crippen molar-refractivity contribution >= 4 is 15.9 Å². The van der Waals surface area contributed by atoms with Crippen LogP contribution in [0.25, 0.3) is 0 Å². The first-order valence-corrected chi connectivity index (χ1v) is 10.7. The highest BCUT2D eigenvalue weighted by molar-refractivity contribution is 7.89. The molecule has 1 N–H and O–H groups in total. The fourth-order valence-corrected chi connectivity index (χ4v) is 4.80. The molecule has 0 spiro atoms. The Kier molecular flexibility index (Phi) is 6.47. The molecular weight excluding hydrogens is 424 g/mol. The second kappa shape index (κ2) is 8.73. The highest BCUT2D eigenvalue weighted by Crippen LogP contribution is 2.29. The molecule has 1 heterocycles. The molecule has 30 heavy (non-hydrogen) atoms. The summed E-state index contributed by atoms with van der Waals surface area (Å²) in [6, 6.07) is 8.94. The fraction of sp³-hybridized carbons (Fsp3) is 0.350. The second-order valence-corrected chi connectivity index (χ2v) is 9.01. The number of carbonyl (C=O) groups excluding carboxylic acids is 1. The van der Waals surface area contributed by atoms with Gasteiger partial charge in [0.1, 0.15) is 5.82 Å². The Morgan fingerprint density at radius 3 is 2.30 bits per heavy atom. The van der Waals surface area contributed by atoms with Crippen molar-refractivity contribution in [3.8, 4) is 0 Å². The standard InChI is InChI=1S/C20H20F4N2O3S/c21-17-7-9-18(10-8-17)30(28,29)26-11-1-2-15(13-26)19(27)25-12-14-3-5-16(6-4-14)20(22,23)24/h3-10,15H,1-2,11-13H2,(H,25,27). The monoisotopic (exact) mass is 444 g/mol. The van der Waals surface area contributed by atoms with Gasteiger partial charge in [-0.2, -0.15) is 17.5 Å². The number of hydrogen-bond acceptors (Lipinski definition) is 3. The molecule has 5 nitrogen and oxygen atoms in total. The first-order valence-electron chi connectivity index (χ1n) is 9.27. The maximum atomic E-state index is 13.1. The van der Waals surface area contributed by atoms with Gasteiger partial charge in [-0.1, -0.05) is 12.1 Å². The first-order chi connectivity index (χ1) is 14.1. The van der Waals surface area contributed by atoms with E-state index in [4.69, 9.17) is 0 Å². The molecule has 162 valence electrons. The Bertz CT molecular complexity index is 990. The van der Waals surface area contributed by atoms with Crippen LogP contribution in [0.4, 0.5) is 17.6 Å². The van der Waals surface area contributed by atoms with Crippen LogP contribution in [0.3, 0.4) is 0 Å². The summed E-state index contributed by atoms with van der Waals surface area (Å²) in [5.74, 6) is -1.49. The average molecular weight is 444 g/mol. The third-order valence-corrected chi connectivity index (χ3v) is 6.83. The number of benzene rings is 2. The summed E-state index contributed by atoms with van der Waals surface area (Å²) in [4.78, 5) is 12.4. The molecule has 2 aromatic rings. The average Bonchev–Trinajstić information content (AvgIpc) is 2.72. The molecule has 10 heteroatoms. The van der Waals surface area contributed by atoms with Gasteiger partial charge >= 0.3 is 6.18 Å². The molecule has 1 atom stereocenters. The van der Waals surface area contributed by atoms with Crippen molar-refractivity contribution in [2.24, 2.45) is 5.92 Å². The molecule has 0 aliphatic carbocycles. The zero-order valence-corrected chi connectivity index (χ0v) is 16.6. The minimum absolute atomic E-state index is 0.0153. The molecule has 0 aromatic heterocycles. The van der Waals surface area contributed by atoms with Gasteiger partial charge in [0.25, 0.3) is 0 Å². The summed E-state index contributed by atoms with van der Waals surface area (Å²) in [5.41, 5.74) is -0.269. The Morgan fingerprint density at radius 1 is 1.07 bits per heavy atom. The van der Waals surface area contributed by atoms with Crippen LogP contribution in [0.1, 0.15) is 24.0 Å². The van der Waals surface area contributed by atoms with Crippen LogP contribution >= 0.6 is 0 Å². The minimum atomic E-state index is -4.43. The van der Waals surface area contributed by atoms with Gasteiger partial charge in [0.05, 0.1) is 16.4 Å². The van der Waals surface area contributed by atoms with Crippen molar-refractivity contribution in [1.29, 1.82) is 0 Å². The van der Waals surface area contributed by atoms with E-state index in [1.807, 2.05) is 0 Å². The van der Waals surface area contributed by atoms with E-state index in [0.717, 1.165) is 24.3 Å². The lowest BCUT2D eigenvalue weighted by atomic mass is 9.98. The molecular formula is C20H20F4N2O3S. The van der Waals surface area contributed by atoms with Gasteiger partial charge in [0.15, 0.2) is 0 Å². The number of rotatable bonds is 5. The number of hydrogen-bond donors (Lipinski definition) is 1. The lowest BCUT2D eigenvalue weighted by molar-refractivity contribution is -0.137. The number of amides is 1. The first kappa shape index (κ1) is 22.2. The third-order valence-electron chi connectivity index (χ3n) is 4.95. The molecule has 0 bridgehead atoms. The van der Waals surface area contributed by atoms with Crippen LogP contribution in [0.15, 0.2) is 53.4 Å². The number of piperidine rings is 1. The molecule has 1 amide bonds. The van der Waals surface area contributed by atoms with Gasteiger partial charge in [0.2, 0.25) is 15.9 Å². The van der Waals surface area contributed by atoms with Crippen LogP contribution in [0.2, 0.25) is 0 Å². The predicted octanol–water partition coefficient (Wildman–Crippen LogP) is 3.56. The number of halogens is 4. The van der Waals surface area contributed by atoms with E-state index in [9.17, 15) is 30.8 Å². The topological polar surface area (TPSA) is 66.5 Å².